The molecule has 148 valence electrons. The van der Waals surface area contributed by atoms with E-state index in [4.69, 9.17) is 0 Å². The van der Waals surface area contributed by atoms with Crippen LogP contribution < -0.4 is 0 Å². The molecule has 0 bridgehead atoms. The minimum absolute atomic E-state index is 1.25. The Balaban J connectivity index is 2.15. The Morgan fingerprint density at radius 3 is 0.800 bits per heavy atom. The van der Waals surface area contributed by atoms with E-state index >= 15 is 0 Å². The van der Waals surface area contributed by atoms with Crippen LogP contribution in [0.1, 0.15) is 44.5 Å². The Bertz CT molecular complexity index is 1030. The molecule has 0 aromatic heterocycles. The van der Waals surface area contributed by atoms with Gasteiger partial charge in [-0.3, -0.25) is 0 Å². The van der Waals surface area contributed by atoms with Crippen LogP contribution in [0.25, 0.3) is 11.1 Å². The summed E-state index contributed by atoms with van der Waals surface area (Å²) in [7, 11) is 0. The zero-order valence-electron chi connectivity index (χ0n) is 18.2. The van der Waals surface area contributed by atoms with E-state index in [9.17, 15) is 0 Å². The fourth-order valence-corrected chi connectivity index (χ4v) is 4.11. The van der Waals surface area contributed by atoms with Gasteiger partial charge in [0.15, 0.2) is 0 Å². The van der Waals surface area contributed by atoms with Gasteiger partial charge in [0.25, 0.3) is 0 Å². The van der Waals surface area contributed by atoms with Crippen LogP contribution >= 0.6 is 0 Å². The molecule has 0 saturated carbocycles. The molecular weight excluding hydrogens is 360 g/mol. The molecule has 0 saturated heterocycles. The molecule has 0 aliphatic heterocycles. The van der Waals surface area contributed by atoms with Crippen molar-refractivity contribution in [1.82, 2.24) is 0 Å². The number of hydrogen-bond donors (Lipinski definition) is 0. The minimum atomic E-state index is 1.25. The Labute approximate surface area is 180 Å². The van der Waals surface area contributed by atoms with Gasteiger partial charge in [-0.1, -0.05) is 119 Å². The lowest BCUT2D eigenvalue weighted by molar-refractivity contribution is 1.39. The van der Waals surface area contributed by atoms with Gasteiger partial charge in [-0.05, 0) is 61.1 Å². The molecular formula is C30H28. The maximum atomic E-state index is 2.29. The van der Waals surface area contributed by atoms with E-state index in [0.717, 1.165) is 0 Å². The summed E-state index contributed by atoms with van der Waals surface area (Å²) in [5.74, 6) is 0. The first kappa shape index (κ1) is 19.9. The maximum Gasteiger partial charge on any atom is -0.00266 e. The Morgan fingerprint density at radius 1 is 0.367 bits per heavy atom. The van der Waals surface area contributed by atoms with Crippen LogP contribution in [0.3, 0.4) is 0 Å². The van der Waals surface area contributed by atoms with Crippen molar-refractivity contribution in [2.45, 2.75) is 27.7 Å². The van der Waals surface area contributed by atoms with Gasteiger partial charge in [-0.25, -0.2) is 0 Å². The molecule has 4 rings (SSSR count). The smallest absolute Gasteiger partial charge is 0.00266 e. The van der Waals surface area contributed by atoms with E-state index in [2.05, 4.69) is 125 Å². The summed E-state index contributed by atoms with van der Waals surface area (Å²) in [4.78, 5) is 0. The van der Waals surface area contributed by atoms with Gasteiger partial charge in [0.1, 0.15) is 0 Å². The molecule has 0 atom stereocenters. The van der Waals surface area contributed by atoms with Crippen LogP contribution in [0, 0.1) is 27.7 Å². The standard InChI is InChI=1S/C30H28/c1-21-9-5-13-25(17-21)29(26-14-6-10-22(2)18-26)30(27-15-7-11-23(3)19-27)28-16-8-12-24(4)20-28/h5-20H,1-4H3. The van der Waals surface area contributed by atoms with E-state index in [1.165, 1.54) is 55.7 Å². The largest absolute Gasteiger partial charge is 0.0614 e. The fraction of sp³-hybridized carbons (Fsp3) is 0.133. The van der Waals surface area contributed by atoms with Crippen LogP contribution in [0.4, 0.5) is 0 Å². The third-order valence-electron chi connectivity index (χ3n) is 5.48. The zero-order valence-corrected chi connectivity index (χ0v) is 18.2. The van der Waals surface area contributed by atoms with Crippen LogP contribution in [0.15, 0.2) is 97.1 Å². The van der Waals surface area contributed by atoms with Crippen molar-refractivity contribution in [3.05, 3.63) is 142 Å². The van der Waals surface area contributed by atoms with Crippen LogP contribution in [0.5, 0.6) is 0 Å². The molecule has 0 nitrogen and oxygen atoms in total. The molecule has 0 radical (unpaired) electrons. The highest BCUT2D eigenvalue weighted by atomic mass is 14.2. The molecule has 0 aliphatic rings. The maximum absolute atomic E-state index is 2.29. The molecule has 0 fully saturated rings. The summed E-state index contributed by atoms with van der Waals surface area (Å²) < 4.78 is 0. The average molecular weight is 389 g/mol. The van der Waals surface area contributed by atoms with Gasteiger partial charge in [0.2, 0.25) is 0 Å². The summed E-state index contributed by atoms with van der Waals surface area (Å²) >= 11 is 0. The zero-order chi connectivity index (χ0) is 21.1. The van der Waals surface area contributed by atoms with Crippen molar-refractivity contribution >= 4 is 11.1 Å². The first-order valence-corrected chi connectivity index (χ1v) is 10.5. The van der Waals surface area contributed by atoms with Gasteiger partial charge in [0, 0.05) is 0 Å². The first-order chi connectivity index (χ1) is 14.5. The predicted molar refractivity (Wildman–Crippen MR) is 130 cm³/mol. The lowest BCUT2D eigenvalue weighted by Crippen LogP contribution is -1.99. The SMILES string of the molecule is Cc1cccc(C(=C(c2cccc(C)c2)c2cccc(C)c2)c2cccc(C)c2)c1. The highest BCUT2D eigenvalue weighted by Crippen LogP contribution is 2.37. The topological polar surface area (TPSA) is 0 Å². The molecule has 0 N–H and O–H groups in total. The van der Waals surface area contributed by atoms with Gasteiger partial charge in [-0.15, -0.1) is 0 Å². The van der Waals surface area contributed by atoms with E-state index in [-0.39, 0.29) is 0 Å². The second kappa shape index (κ2) is 8.55. The lowest BCUT2D eigenvalue weighted by atomic mass is 9.84. The van der Waals surface area contributed by atoms with Crippen LogP contribution in [-0.2, 0) is 0 Å². The van der Waals surface area contributed by atoms with E-state index in [0.29, 0.717) is 0 Å². The Hall–Kier alpha value is -3.38. The second-order valence-electron chi connectivity index (χ2n) is 8.23. The number of benzene rings is 4. The molecule has 4 aromatic carbocycles. The number of hydrogen-bond acceptors (Lipinski definition) is 0. The van der Waals surface area contributed by atoms with Gasteiger partial charge in [-0.2, -0.15) is 0 Å². The molecule has 4 aromatic rings. The van der Waals surface area contributed by atoms with Crippen molar-refractivity contribution in [3.63, 3.8) is 0 Å². The van der Waals surface area contributed by atoms with Crippen LogP contribution in [-0.4, -0.2) is 0 Å². The molecule has 0 spiro atoms. The summed E-state index contributed by atoms with van der Waals surface area (Å²) in [6.07, 6.45) is 0. The van der Waals surface area contributed by atoms with E-state index in [1.54, 1.807) is 0 Å². The average Bonchev–Trinajstić information content (AvgIpc) is 2.72. The normalized spacial score (nSPS) is 10.7. The van der Waals surface area contributed by atoms with Gasteiger partial charge in [0.05, 0.1) is 0 Å². The molecule has 0 unspecified atom stereocenters. The highest BCUT2D eigenvalue weighted by molar-refractivity contribution is 6.04. The Kier molecular flexibility index (Phi) is 5.68. The van der Waals surface area contributed by atoms with Crippen molar-refractivity contribution in [2.24, 2.45) is 0 Å². The van der Waals surface area contributed by atoms with Crippen molar-refractivity contribution in [1.29, 1.82) is 0 Å². The molecule has 30 heavy (non-hydrogen) atoms. The second-order valence-corrected chi connectivity index (χ2v) is 8.23. The highest BCUT2D eigenvalue weighted by Gasteiger charge is 2.17. The van der Waals surface area contributed by atoms with Gasteiger partial charge < -0.3 is 0 Å². The number of rotatable bonds is 4. The van der Waals surface area contributed by atoms with E-state index in [1.807, 2.05) is 0 Å². The third kappa shape index (κ3) is 4.28. The molecule has 0 heteroatoms. The molecule has 0 amide bonds. The van der Waals surface area contributed by atoms with Crippen molar-refractivity contribution in [2.75, 3.05) is 0 Å². The molecule has 0 aliphatic carbocycles. The Morgan fingerprint density at radius 2 is 0.600 bits per heavy atom. The summed E-state index contributed by atoms with van der Waals surface area (Å²) in [6.45, 7) is 8.65. The van der Waals surface area contributed by atoms with Crippen molar-refractivity contribution < 1.29 is 0 Å². The van der Waals surface area contributed by atoms with E-state index < -0.39 is 0 Å². The predicted octanol–water partition coefficient (Wildman–Crippen LogP) is 7.93. The molecule has 0 heterocycles. The monoisotopic (exact) mass is 388 g/mol. The summed E-state index contributed by atoms with van der Waals surface area (Å²) in [5, 5.41) is 0. The third-order valence-corrected chi connectivity index (χ3v) is 5.48. The summed E-state index contributed by atoms with van der Waals surface area (Å²) in [5.41, 5.74) is 12.6. The lowest BCUT2D eigenvalue weighted by Gasteiger charge is -2.19. The summed E-state index contributed by atoms with van der Waals surface area (Å²) in [6, 6.07) is 35.4. The van der Waals surface area contributed by atoms with Crippen LogP contribution in [0.2, 0.25) is 0 Å². The fourth-order valence-electron chi connectivity index (χ4n) is 4.11. The van der Waals surface area contributed by atoms with Gasteiger partial charge >= 0.3 is 0 Å². The number of aryl methyl sites for hydroxylation is 4. The minimum Gasteiger partial charge on any atom is -0.0614 e. The van der Waals surface area contributed by atoms with Crippen molar-refractivity contribution in [3.8, 4) is 0 Å². The first-order valence-electron chi connectivity index (χ1n) is 10.5. The quantitative estimate of drug-likeness (QED) is 0.311.